The van der Waals surface area contributed by atoms with Crippen molar-refractivity contribution in [3.8, 4) is 0 Å². The van der Waals surface area contributed by atoms with E-state index in [0.29, 0.717) is 12.1 Å². The number of rotatable bonds is 9. The fourth-order valence-electron chi connectivity index (χ4n) is 3.34. The lowest BCUT2D eigenvalue weighted by molar-refractivity contribution is -0.385. The standard InChI is InChI=1S/C25H21N5O3S/c31-24(28-26-16-8-12-20-11-4-6-14-22(20)30(32)33)18-34-25-27-21-13-5-7-15-23(21)29(25)17-19-9-2-1-3-10-19/h1-16H,17-18H2,(H,28,31)/b12-8+,26-16+. The van der Waals surface area contributed by atoms with Crippen molar-refractivity contribution in [1.29, 1.82) is 0 Å². The highest BCUT2D eigenvalue weighted by molar-refractivity contribution is 7.99. The van der Waals surface area contributed by atoms with Crippen molar-refractivity contribution in [3.05, 3.63) is 106 Å². The normalized spacial score (nSPS) is 11.4. The van der Waals surface area contributed by atoms with Gasteiger partial charge in [-0.1, -0.05) is 66.4 Å². The number of imidazole rings is 1. The summed E-state index contributed by atoms with van der Waals surface area (Å²) in [6, 6.07) is 24.4. The van der Waals surface area contributed by atoms with Crippen molar-refractivity contribution in [3.63, 3.8) is 0 Å². The molecule has 1 heterocycles. The molecular formula is C25H21N5O3S. The predicted octanol–water partition coefficient (Wildman–Crippen LogP) is 4.90. The highest BCUT2D eigenvalue weighted by Crippen LogP contribution is 2.25. The minimum Gasteiger partial charge on any atom is -0.314 e. The Kier molecular flexibility index (Phi) is 7.46. The van der Waals surface area contributed by atoms with Crippen molar-refractivity contribution < 1.29 is 9.72 Å². The molecule has 0 saturated carbocycles. The fourth-order valence-corrected chi connectivity index (χ4v) is 4.14. The topological polar surface area (TPSA) is 102 Å². The molecule has 0 spiro atoms. The van der Waals surface area contributed by atoms with Crippen molar-refractivity contribution in [2.24, 2.45) is 5.10 Å². The van der Waals surface area contributed by atoms with Crippen LogP contribution in [0.3, 0.4) is 0 Å². The summed E-state index contributed by atoms with van der Waals surface area (Å²) in [6.45, 7) is 0.653. The molecule has 1 amide bonds. The van der Waals surface area contributed by atoms with Gasteiger partial charge in [-0.25, -0.2) is 10.4 Å². The van der Waals surface area contributed by atoms with E-state index in [1.54, 1.807) is 24.3 Å². The average Bonchev–Trinajstić information content (AvgIpc) is 3.20. The number of aromatic nitrogens is 2. The van der Waals surface area contributed by atoms with Gasteiger partial charge in [0.1, 0.15) is 0 Å². The van der Waals surface area contributed by atoms with Crippen LogP contribution in [0.5, 0.6) is 0 Å². The first kappa shape index (κ1) is 22.9. The highest BCUT2D eigenvalue weighted by Gasteiger charge is 2.13. The van der Waals surface area contributed by atoms with Crippen LogP contribution in [0.25, 0.3) is 17.1 Å². The Morgan fingerprint density at radius 2 is 1.79 bits per heavy atom. The number of benzene rings is 3. The van der Waals surface area contributed by atoms with Crippen molar-refractivity contribution >= 4 is 46.7 Å². The Morgan fingerprint density at radius 1 is 1.06 bits per heavy atom. The maximum Gasteiger partial charge on any atom is 0.276 e. The molecule has 0 fully saturated rings. The van der Waals surface area contributed by atoms with Gasteiger partial charge in [-0.3, -0.25) is 14.9 Å². The van der Waals surface area contributed by atoms with Crippen molar-refractivity contribution in [1.82, 2.24) is 15.0 Å². The lowest BCUT2D eigenvalue weighted by atomic mass is 10.2. The number of carbonyl (C=O) groups is 1. The third kappa shape index (κ3) is 5.76. The molecule has 0 aliphatic rings. The van der Waals surface area contributed by atoms with Gasteiger partial charge in [-0.2, -0.15) is 5.10 Å². The zero-order valence-corrected chi connectivity index (χ0v) is 18.9. The maximum atomic E-state index is 12.3. The van der Waals surface area contributed by atoms with E-state index in [-0.39, 0.29) is 17.3 Å². The smallest absolute Gasteiger partial charge is 0.276 e. The van der Waals surface area contributed by atoms with E-state index in [0.717, 1.165) is 21.8 Å². The van der Waals surface area contributed by atoms with Gasteiger partial charge in [0.05, 0.1) is 33.8 Å². The number of nitrogens with one attached hydrogen (secondary N) is 1. The number of hydrazone groups is 1. The molecule has 4 rings (SSSR count). The fraction of sp³-hybridized carbons (Fsp3) is 0.0800. The lowest BCUT2D eigenvalue weighted by Gasteiger charge is -2.09. The second-order valence-corrected chi connectivity index (χ2v) is 8.17. The minimum absolute atomic E-state index is 0.00553. The number of para-hydroxylation sites is 3. The van der Waals surface area contributed by atoms with Gasteiger partial charge in [-0.05, 0) is 35.9 Å². The summed E-state index contributed by atoms with van der Waals surface area (Å²) < 4.78 is 2.10. The molecule has 1 N–H and O–H groups in total. The highest BCUT2D eigenvalue weighted by atomic mass is 32.2. The van der Waals surface area contributed by atoms with Crippen LogP contribution in [0.15, 0.2) is 95.2 Å². The molecule has 0 atom stereocenters. The molecule has 0 bridgehead atoms. The molecule has 0 unspecified atom stereocenters. The van der Waals surface area contributed by atoms with E-state index in [1.165, 1.54) is 30.1 Å². The number of hydrogen-bond acceptors (Lipinski definition) is 6. The molecule has 0 radical (unpaired) electrons. The summed E-state index contributed by atoms with van der Waals surface area (Å²) in [5, 5.41) is 15.7. The largest absolute Gasteiger partial charge is 0.314 e. The number of nitro groups is 1. The summed E-state index contributed by atoms with van der Waals surface area (Å²) in [6.07, 6.45) is 4.48. The van der Waals surface area contributed by atoms with Gasteiger partial charge in [0.2, 0.25) is 0 Å². The average molecular weight is 472 g/mol. The van der Waals surface area contributed by atoms with Crippen LogP contribution < -0.4 is 5.43 Å². The van der Waals surface area contributed by atoms with Crippen LogP contribution in [-0.2, 0) is 11.3 Å². The van der Waals surface area contributed by atoms with E-state index in [1.807, 2.05) is 42.5 Å². The Hall–Kier alpha value is -4.24. The van der Waals surface area contributed by atoms with Gasteiger partial charge in [0, 0.05) is 12.3 Å². The number of carbonyl (C=O) groups excluding carboxylic acids is 1. The number of amides is 1. The Balaban J connectivity index is 1.37. The Morgan fingerprint density at radius 3 is 2.62 bits per heavy atom. The first-order chi connectivity index (χ1) is 16.6. The first-order valence-corrected chi connectivity index (χ1v) is 11.4. The third-order valence-electron chi connectivity index (χ3n) is 4.89. The Bertz CT molecular complexity index is 1370. The quantitative estimate of drug-likeness (QED) is 0.162. The van der Waals surface area contributed by atoms with E-state index in [9.17, 15) is 14.9 Å². The molecule has 0 aliphatic carbocycles. The van der Waals surface area contributed by atoms with Gasteiger partial charge >= 0.3 is 0 Å². The summed E-state index contributed by atoms with van der Waals surface area (Å²) in [4.78, 5) is 27.6. The molecular weight excluding hydrogens is 450 g/mol. The molecule has 9 heteroatoms. The SMILES string of the molecule is O=C(CSc1nc2ccccc2n1Cc1ccccc1)N/N=C/C=C/c1ccccc1[N+](=O)[O-]. The number of nitrogens with zero attached hydrogens (tertiary/aromatic N) is 4. The number of hydrogen-bond donors (Lipinski definition) is 1. The molecule has 1 aromatic heterocycles. The van der Waals surface area contributed by atoms with E-state index < -0.39 is 4.92 Å². The monoisotopic (exact) mass is 471 g/mol. The number of nitro benzene ring substituents is 1. The maximum absolute atomic E-state index is 12.3. The zero-order chi connectivity index (χ0) is 23.8. The minimum atomic E-state index is -0.444. The van der Waals surface area contributed by atoms with Gasteiger partial charge in [-0.15, -0.1) is 0 Å². The van der Waals surface area contributed by atoms with Crippen LogP contribution >= 0.6 is 11.8 Å². The van der Waals surface area contributed by atoms with Crippen molar-refractivity contribution in [2.45, 2.75) is 11.7 Å². The molecule has 8 nitrogen and oxygen atoms in total. The predicted molar refractivity (Wildman–Crippen MR) is 135 cm³/mol. The number of fused-ring (bicyclic) bond motifs is 1. The van der Waals surface area contributed by atoms with Gasteiger partial charge in [0.25, 0.3) is 11.6 Å². The second kappa shape index (κ2) is 11.1. The summed E-state index contributed by atoms with van der Waals surface area (Å²) in [5.41, 5.74) is 5.96. The molecule has 4 aromatic rings. The summed E-state index contributed by atoms with van der Waals surface area (Å²) in [7, 11) is 0. The molecule has 0 saturated heterocycles. The van der Waals surface area contributed by atoms with Crippen molar-refractivity contribution in [2.75, 3.05) is 5.75 Å². The van der Waals surface area contributed by atoms with Crippen LogP contribution in [0.1, 0.15) is 11.1 Å². The summed E-state index contributed by atoms with van der Waals surface area (Å²) >= 11 is 1.34. The molecule has 34 heavy (non-hydrogen) atoms. The van der Waals surface area contributed by atoms with Crippen LogP contribution in [-0.4, -0.2) is 32.3 Å². The first-order valence-electron chi connectivity index (χ1n) is 10.5. The van der Waals surface area contributed by atoms with E-state index >= 15 is 0 Å². The molecule has 0 aliphatic heterocycles. The van der Waals surface area contributed by atoms with Crippen LogP contribution in [0, 0.1) is 10.1 Å². The molecule has 170 valence electrons. The Labute approximate surface area is 200 Å². The van der Waals surface area contributed by atoms with Crippen LogP contribution in [0.4, 0.5) is 5.69 Å². The number of allylic oxidation sites excluding steroid dienone is 1. The van der Waals surface area contributed by atoms with E-state index in [2.05, 4.69) is 32.2 Å². The van der Waals surface area contributed by atoms with Gasteiger partial charge < -0.3 is 4.57 Å². The molecule has 3 aromatic carbocycles. The second-order valence-electron chi connectivity index (χ2n) is 7.23. The summed E-state index contributed by atoms with van der Waals surface area (Å²) in [5.74, 6) is -0.137. The third-order valence-corrected chi connectivity index (χ3v) is 5.87. The number of thioether (sulfide) groups is 1. The van der Waals surface area contributed by atoms with Gasteiger partial charge in [0.15, 0.2) is 5.16 Å². The van der Waals surface area contributed by atoms with E-state index in [4.69, 9.17) is 0 Å². The van der Waals surface area contributed by atoms with Crippen LogP contribution in [0.2, 0.25) is 0 Å². The zero-order valence-electron chi connectivity index (χ0n) is 18.1. The lowest BCUT2D eigenvalue weighted by Crippen LogP contribution is -2.19.